The molecule has 2 aromatic heterocycles. The van der Waals surface area contributed by atoms with Gasteiger partial charge < -0.3 is 19.8 Å². The SMILES string of the molecule is Cn1cc(C2=C(c3c4n(c5ccccc35)CCN(C(N)=O)C4)C(=O)NC2=O)c2ccccc21. The third-order valence-corrected chi connectivity index (χ3v) is 6.67. The Hall–Kier alpha value is -4.33. The van der Waals surface area contributed by atoms with Gasteiger partial charge in [-0.3, -0.25) is 14.9 Å². The molecule has 0 saturated carbocycles. The highest BCUT2D eigenvalue weighted by Gasteiger charge is 2.38. The van der Waals surface area contributed by atoms with Gasteiger partial charge in [-0.05, 0) is 12.1 Å². The molecule has 3 N–H and O–H groups in total. The smallest absolute Gasteiger partial charge is 0.315 e. The normalized spacial score (nSPS) is 16.1. The summed E-state index contributed by atoms with van der Waals surface area (Å²) in [5.41, 5.74) is 10.4. The summed E-state index contributed by atoms with van der Waals surface area (Å²) < 4.78 is 4.07. The summed E-state index contributed by atoms with van der Waals surface area (Å²) >= 11 is 0. The summed E-state index contributed by atoms with van der Waals surface area (Å²) in [5.74, 6) is -0.851. The van der Waals surface area contributed by atoms with Crippen molar-refractivity contribution in [3.8, 4) is 0 Å². The molecule has 6 rings (SSSR count). The van der Waals surface area contributed by atoms with Crippen LogP contribution in [0.25, 0.3) is 33.0 Å². The molecule has 2 aliphatic heterocycles. The van der Waals surface area contributed by atoms with E-state index in [4.69, 9.17) is 5.73 Å². The van der Waals surface area contributed by atoms with Crippen LogP contribution in [0, 0.1) is 0 Å². The molecule has 0 radical (unpaired) electrons. The van der Waals surface area contributed by atoms with Crippen molar-refractivity contribution in [3.05, 3.63) is 71.5 Å². The van der Waals surface area contributed by atoms with Crippen LogP contribution in [0.4, 0.5) is 4.79 Å². The summed E-state index contributed by atoms with van der Waals surface area (Å²) in [7, 11) is 1.92. The molecule has 0 unspecified atom stereocenters. The first-order valence-corrected chi connectivity index (χ1v) is 10.7. The number of carbonyl (C=O) groups is 3. The lowest BCUT2D eigenvalue weighted by molar-refractivity contribution is -0.122. The minimum atomic E-state index is -0.507. The average Bonchev–Trinajstić information content (AvgIpc) is 3.41. The van der Waals surface area contributed by atoms with E-state index >= 15 is 0 Å². The average molecular weight is 439 g/mol. The van der Waals surface area contributed by atoms with Crippen LogP contribution in [0.3, 0.4) is 0 Å². The zero-order valence-corrected chi connectivity index (χ0v) is 18.0. The molecule has 4 aromatic rings. The fourth-order valence-corrected chi connectivity index (χ4v) is 5.22. The number of imide groups is 1. The van der Waals surface area contributed by atoms with E-state index in [0.717, 1.165) is 27.5 Å². The van der Waals surface area contributed by atoms with Gasteiger partial charge in [0.25, 0.3) is 11.8 Å². The lowest BCUT2D eigenvalue weighted by Gasteiger charge is -2.28. The van der Waals surface area contributed by atoms with E-state index < -0.39 is 17.8 Å². The second kappa shape index (κ2) is 6.83. The Bertz CT molecular complexity index is 1560. The number of nitrogens with zero attached hydrogens (tertiary/aromatic N) is 3. The monoisotopic (exact) mass is 439 g/mol. The summed E-state index contributed by atoms with van der Waals surface area (Å²) in [5, 5.41) is 4.28. The first-order chi connectivity index (χ1) is 16.0. The van der Waals surface area contributed by atoms with Crippen molar-refractivity contribution in [2.45, 2.75) is 13.1 Å². The summed E-state index contributed by atoms with van der Waals surface area (Å²) in [6.45, 7) is 1.32. The van der Waals surface area contributed by atoms with Crippen LogP contribution in [-0.4, -0.2) is 38.4 Å². The van der Waals surface area contributed by atoms with E-state index in [2.05, 4.69) is 9.88 Å². The number of nitrogens with two attached hydrogens (primary N) is 1. The Balaban J connectivity index is 1.70. The molecule has 0 bridgehead atoms. The standard InChI is InChI=1S/C25H21N5O3/c1-28-12-16(14-6-2-4-8-17(14)28)21-22(24(32)27-23(21)31)20-15-7-3-5-9-18(15)30-11-10-29(25(26)33)13-19(20)30/h2-9,12H,10-11,13H2,1H3,(H2,26,33)(H,27,31,32). The van der Waals surface area contributed by atoms with Gasteiger partial charge in [0.2, 0.25) is 0 Å². The zero-order valence-electron chi connectivity index (χ0n) is 18.0. The van der Waals surface area contributed by atoms with Crippen LogP contribution >= 0.6 is 0 Å². The number of carbonyl (C=O) groups excluding carboxylic acids is 3. The second-order valence-corrected chi connectivity index (χ2v) is 8.45. The Morgan fingerprint density at radius 2 is 1.58 bits per heavy atom. The fourth-order valence-electron chi connectivity index (χ4n) is 5.22. The highest BCUT2D eigenvalue weighted by atomic mass is 16.2. The Labute approximate surface area is 188 Å². The van der Waals surface area contributed by atoms with Crippen LogP contribution in [0.2, 0.25) is 0 Å². The molecular formula is C25H21N5O3. The molecule has 2 aliphatic rings. The number of hydrogen-bond acceptors (Lipinski definition) is 3. The number of primary amides is 1. The highest BCUT2D eigenvalue weighted by molar-refractivity contribution is 6.51. The first kappa shape index (κ1) is 19.4. The summed E-state index contributed by atoms with van der Waals surface area (Å²) in [6.07, 6.45) is 1.89. The van der Waals surface area contributed by atoms with Gasteiger partial charge in [0.05, 0.1) is 17.7 Å². The second-order valence-electron chi connectivity index (χ2n) is 8.45. The number of aryl methyl sites for hydroxylation is 1. The van der Waals surface area contributed by atoms with Gasteiger partial charge >= 0.3 is 6.03 Å². The van der Waals surface area contributed by atoms with Gasteiger partial charge in [-0.2, -0.15) is 0 Å². The van der Waals surface area contributed by atoms with E-state index in [1.807, 2.05) is 66.3 Å². The van der Waals surface area contributed by atoms with Crippen LogP contribution < -0.4 is 11.1 Å². The molecule has 4 heterocycles. The van der Waals surface area contributed by atoms with Crippen LogP contribution in [0.5, 0.6) is 0 Å². The Morgan fingerprint density at radius 3 is 2.33 bits per heavy atom. The lowest BCUT2D eigenvalue weighted by Crippen LogP contribution is -2.41. The lowest BCUT2D eigenvalue weighted by atomic mass is 9.93. The van der Waals surface area contributed by atoms with Crippen molar-refractivity contribution in [1.82, 2.24) is 19.4 Å². The molecule has 0 aliphatic carbocycles. The molecule has 0 spiro atoms. The van der Waals surface area contributed by atoms with Crippen molar-refractivity contribution in [2.24, 2.45) is 12.8 Å². The molecule has 0 saturated heterocycles. The summed E-state index contributed by atoms with van der Waals surface area (Å²) in [4.78, 5) is 39.9. The molecule has 8 nitrogen and oxygen atoms in total. The maximum Gasteiger partial charge on any atom is 0.315 e. The topological polar surface area (TPSA) is 102 Å². The zero-order chi connectivity index (χ0) is 22.9. The van der Waals surface area contributed by atoms with E-state index in [1.165, 1.54) is 0 Å². The number of para-hydroxylation sites is 2. The molecule has 33 heavy (non-hydrogen) atoms. The minimum Gasteiger partial charge on any atom is -0.351 e. The number of aromatic nitrogens is 2. The van der Waals surface area contributed by atoms with Crippen molar-refractivity contribution in [2.75, 3.05) is 6.54 Å². The quantitative estimate of drug-likeness (QED) is 0.469. The van der Waals surface area contributed by atoms with Gasteiger partial charge in [0.1, 0.15) is 0 Å². The number of nitrogens with one attached hydrogen (secondary N) is 1. The number of amides is 4. The van der Waals surface area contributed by atoms with E-state index in [9.17, 15) is 14.4 Å². The van der Waals surface area contributed by atoms with Crippen LogP contribution in [-0.2, 0) is 29.7 Å². The van der Waals surface area contributed by atoms with Crippen molar-refractivity contribution in [1.29, 1.82) is 0 Å². The number of urea groups is 1. The number of hydrogen-bond donors (Lipinski definition) is 2. The molecule has 0 fully saturated rings. The van der Waals surface area contributed by atoms with E-state index in [1.54, 1.807) is 4.90 Å². The Morgan fingerprint density at radius 1 is 0.909 bits per heavy atom. The first-order valence-electron chi connectivity index (χ1n) is 10.7. The third kappa shape index (κ3) is 2.67. The minimum absolute atomic E-state index is 0.271. The van der Waals surface area contributed by atoms with Gasteiger partial charge in [0, 0.05) is 65.0 Å². The molecule has 164 valence electrons. The molecule has 0 atom stereocenters. The maximum absolute atomic E-state index is 13.2. The largest absolute Gasteiger partial charge is 0.351 e. The summed E-state index contributed by atoms with van der Waals surface area (Å²) in [6, 6.07) is 15.1. The molecule has 4 amide bonds. The van der Waals surface area contributed by atoms with Crippen LogP contribution in [0.15, 0.2) is 54.7 Å². The van der Waals surface area contributed by atoms with Crippen molar-refractivity contribution >= 4 is 50.8 Å². The van der Waals surface area contributed by atoms with Gasteiger partial charge in [-0.15, -0.1) is 0 Å². The number of fused-ring (bicyclic) bond motifs is 4. The van der Waals surface area contributed by atoms with Crippen molar-refractivity contribution < 1.29 is 14.4 Å². The van der Waals surface area contributed by atoms with Gasteiger partial charge in [-0.25, -0.2) is 4.79 Å². The Kier molecular flexibility index (Phi) is 4.01. The van der Waals surface area contributed by atoms with E-state index in [-0.39, 0.29) is 6.54 Å². The van der Waals surface area contributed by atoms with E-state index in [0.29, 0.717) is 35.4 Å². The predicted molar refractivity (Wildman–Crippen MR) is 125 cm³/mol. The predicted octanol–water partition coefficient (Wildman–Crippen LogP) is 2.59. The fraction of sp³-hybridized carbons (Fsp3) is 0.160. The number of benzene rings is 2. The number of rotatable bonds is 2. The van der Waals surface area contributed by atoms with Gasteiger partial charge in [0.15, 0.2) is 0 Å². The highest BCUT2D eigenvalue weighted by Crippen LogP contribution is 2.41. The van der Waals surface area contributed by atoms with Gasteiger partial charge in [-0.1, -0.05) is 36.4 Å². The molecule has 8 heteroatoms. The molecular weight excluding hydrogens is 418 g/mol. The third-order valence-electron chi connectivity index (χ3n) is 6.67. The molecule has 2 aromatic carbocycles. The van der Waals surface area contributed by atoms with Crippen LogP contribution in [0.1, 0.15) is 16.8 Å². The maximum atomic E-state index is 13.2. The van der Waals surface area contributed by atoms with Crippen molar-refractivity contribution in [3.63, 3.8) is 0 Å².